The Morgan fingerprint density at radius 1 is 0.909 bits per heavy atom. The average Bonchev–Trinajstić information content (AvgIpc) is 2.69. The van der Waals surface area contributed by atoms with E-state index in [2.05, 4.69) is 4.90 Å². The summed E-state index contributed by atoms with van der Waals surface area (Å²) in [6, 6.07) is 17.7. The van der Waals surface area contributed by atoms with Crippen molar-refractivity contribution in [1.29, 1.82) is 0 Å². The molecule has 1 aliphatic heterocycles. The quantitative estimate of drug-likeness (QED) is 0.420. The molecule has 3 aromatic carbocycles. The second-order valence-electron chi connectivity index (χ2n) is 8.20. The van der Waals surface area contributed by atoms with Crippen LogP contribution in [0.2, 0.25) is 10.0 Å². The molecule has 174 valence electrons. The number of sulfonamides is 1. The van der Waals surface area contributed by atoms with E-state index < -0.39 is 21.7 Å². The molecule has 0 N–H and O–H groups in total. The Balaban J connectivity index is 1.58. The number of benzene rings is 3. The zero-order valence-electron chi connectivity index (χ0n) is 17.8. The Hall–Kier alpha value is -2.03. The van der Waals surface area contributed by atoms with E-state index in [1.54, 1.807) is 0 Å². The van der Waals surface area contributed by atoms with Crippen LogP contribution in [0.25, 0.3) is 0 Å². The normalized spacial score (nSPS) is 15.2. The van der Waals surface area contributed by atoms with Gasteiger partial charge in [-0.25, -0.2) is 17.2 Å². The predicted octanol–water partition coefficient (Wildman–Crippen LogP) is 5.51. The van der Waals surface area contributed by atoms with E-state index in [0.29, 0.717) is 23.1 Å². The molecule has 0 bridgehead atoms. The van der Waals surface area contributed by atoms with Crippen molar-refractivity contribution < 1.29 is 17.2 Å². The van der Waals surface area contributed by atoms with Gasteiger partial charge < -0.3 is 0 Å². The van der Waals surface area contributed by atoms with Crippen LogP contribution in [0.3, 0.4) is 0 Å². The zero-order valence-corrected chi connectivity index (χ0v) is 20.1. The standard InChI is InChI=1S/C24H22Cl2F2N2O2S/c1-33(31,32)30(13-16-10-21(27)12-22(28)11-16)23-14-29(15-23)24(17-2-6-19(25)7-3-17)18-4-8-20(26)9-5-18/h2-12,23-24H,13-15H2,1H3. The molecule has 4 nitrogen and oxygen atoms in total. The molecule has 9 heteroatoms. The molecule has 0 aliphatic carbocycles. The lowest BCUT2D eigenvalue weighted by Crippen LogP contribution is -2.61. The number of hydrogen-bond donors (Lipinski definition) is 0. The minimum absolute atomic E-state index is 0.0986. The Bertz CT molecular complexity index is 1170. The first kappa shape index (κ1) is 24.1. The summed E-state index contributed by atoms with van der Waals surface area (Å²) in [6.45, 7) is 0.820. The van der Waals surface area contributed by atoms with Crippen molar-refractivity contribution in [2.24, 2.45) is 0 Å². The molecule has 1 heterocycles. The third-order valence-corrected chi connectivity index (χ3v) is 7.50. The van der Waals surface area contributed by atoms with Crippen molar-refractivity contribution in [1.82, 2.24) is 9.21 Å². The van der Waals surface area contributed by atoms with Crippen LogP contribution >= 0.6 is 23.2 Å². The van der Waals surface area contributed by atoms with E-state index in [1.807, 2.05) is 48.5 Å². The summed E-state index contributed by atoms with van der Waals surface area (Å²) in [5.74, 6) is -1.47. The largest absolute Gasteiger partial charge is 0.289 e. The van der Waals surface area contributed by atoms with Crippen LogP contribution < -0.4 is 0 Å². The summed E-state index contributed by atoms with van der Waals surface area (Å²) in [7, 11) is -3.61. The van der Waals surface area contributed by atoms with Gasteiger partial charge in [0, 0.05) is 35.7 Å². The van der Waals surface area contributed by atoms with Crippen LogP contribution in [0.1, 0.15) is 22.7 Å². The fraction of sp³-hybridized carbons (Fsp3) is 0.250. The summed E-state index contributed by atoms with van der Waals surface area (Å²) < 4.78 is 53.6. The molecule has 0 spiro atoms. The van der Waals surface area contributed by atoms with Gasteiger partial charge >= 0.3 is 0 Å². The minimum Gasteiger partial charge on any atom is -0.289 e. The van der Waals surface area contributed by atoms with Gasteiger partial charge in [-0.2, -0.15) is 4.31 Å². The van der Waals surface area contributed by atoms with E-state index in [1.165, 1.54) is 4.31 Å². The van der Waals surface area contributed by atoms with Gasteiger partial charge in [0.15, 0.2) is 0 Å². The lowest BCUT2D eigenvalue weighted by atomic mass is 9.93. The first-order chi connectivity index (χ1) is 15.6. The van der Waals surface area contributed by atoms with Gasteiger partial charge in [-0.15, -0.1) is 0 Å². The lowest BCUT2D eigenvalue weighted by Gasteiger charge is -2.48. The monoisotopic (exact) mass is 510 g/mol. The van der Waals surface area contributed by atoms with Gasteiger partial charge in [0.1, 0.15) is 11.6 Å². The first-order valence-corrected chi connectivity index (χ1v) is 12.9. The topological polar surface area (TPSA) is 40.6 Å². The third-order valence-electron chi connectivity index (χ3n) is 5.72. The van der Waals surface area contributed by atoms with Crippen LogP contribution in [0.4, 0.5) is 8.78 Å². The Morgan fingerprint density at radius 2 is 1.36 bits per heavy atom. The molecule has 0 unspecified atom stereocenters. The SMILES string of the molecule is CS(=O)(=O)N(Cc1cc(F)cc(F)c1)C1CN(C(c2ccc(Cl)cc2)c2ccc(Cl)cc2)C1. The van der Waals surface area contributed by atoms with Crippen LogP contribution in [0, 0.1) is 11.6 Å². The Kier molecular flexibility index (Phi) is 7.07. The fourth-order valence-electron chi connectivity index (χ4n) is 4.18. The van der Waals surface area contributed by atoms with Crippen LogP contribution in [-0.4, -0.2) is 43.0 Å². The maximum absolute atomic E-state index is 13.6. The van der Waals surface area contributed by atoms with Crippen molar-refractivity contribution in [2.45, 2.75) is 18.6 Å². The lowest BCUT2D eigenvalue weighted by molar-refractivity contribution is 0.0507. The van der Waals surface area contributed by atoms with Gasteiger partial charge in [0.05, 0.1) is 18.3 Å². The molecule has 1 aliphatic rings. The highest BCUT2D eigenvalue weighted by atomic mass is 35.5. The van der Waals surface area contributed by atoms with E-state index in [9.17, 15) is 17.2 Å². The van der Waals surface area contributed by atoms with Crippen molar-refractivity contribution in [3.05, 3.63) is 105 Å². The summed E-state index contributed by atoms with van der Waals surface area (Å²) in [5.41, 5.74) is 2.29. The van der Waals surface area contributed by atoms with Gasteiger partial charge in [0.25, 0.3) is 0 Å². The maximum atomic E-state index is 13.6. The molecule has 1 fully saturated rings. The van der Waals surface area contributed by atoms with Gasteiger partial charge in [-0.3, -0.25) is 4.90 Å². The fourth-order valence-corrected chi connectivity index (χ4v) is 5.49. The number of nitrogens with zero attached hydrogens (tertiary/aromatic N) is 2. The van der Waals surface area contributed by atoms with Crippen LogP contribution in [-0.2, 0) is 16.6 Å². The molecule has 0 saturated carbocycles. The van der Waals surface area contributed by atoms with Gasteiger partial charge in [-0.05, 0) is 53.1 Å². The number of likely N-dealkylation sites (tertiary alicyclic amines) is 1. The molecule has 0 aromatic heterocycles. The van der Waals surface area contributed by atoms with Crippen LogP contribution in [0.15, 0.2) is 66.7 Å². The molecular formula is C24H22Cl2F2N2O2S. The molecular weight excluding hydrogens is 489 g/mol. The maximum Gasteiger partial charge on any atom is 0.211 e. The first-order valence-electron chi connectivity index (χ1n) is 10.3. The summed E-state index contributed by atoms with van der Waals surface area (Å²) in [6.07, 6.45) is 1.11. The highest BCUT2D eigenvalue weighted by Gasteiger charge is 2.40. The molecule has 1 saturated heterocycles. The molecule has 33 heavy (non-hydrogen) atoms. The zero-order chi connectivity index (χ0) is 23.8. The van der Waals surface area contributed by atoms with Gasteiger partial charge in [0.2, 0.25) is 10.0 Å². The van der Waals surface area contributed by atoms with Crippen molar-refractivity contribution >= 4 is 33.2 Å². The molecule has 0 radical (unpaired) electrons. The Morgan fingerprint density at radius 3 is 1.79 bits per heavy atom. The van der Waals surface area contributed by atoms with Crippen LogP contribution in [0.5, 0.6) is 0 Å². The highest BCUT2D eigenvalue weighted by molar-refractivity contribution is 7.88. The van der Waals surface area contributed by atoms with E-state index in [0.717, 1.165) is 35.6 Å². The summed E-state index contributed by atoms with van der Waals surface area (Å²) in [4.78, 5) is 2.15. The van der Waals surface area contributed by atoms with Crippen molar-refractivity contribution in [3.63, 3.8) is 0 Å². The van der Waals surface area contributed by atoms with Crippen molar-refractivity contribution in [2.75, 3.05) is 19.3 Å². The van der Waals surface area contributed by atoms with E-state index in [4.69, 9.17) is 23.2 Å². The third kappa shape index (κ3) is 5.73. The Labute approximate surface area is 202 Å². The minimum atomic E-state index is -3.61. The number of rotatable bonds is 7. The smallest absolute Gasteiger partial charge is 0.211 e. The second-order valence-corrected chi connectivity index (χ2v) is 11.0. The number of halogens is 4. The van der Waals surface area contributed by atoms with E-state index >= 15 is 0 Å². The highest BCUT2D eigenvalue weighted by Crippen LogP contribution is 2.35. The molecule has 0 amide bonds. The molecule has 4 rings (SSSR count). The molecule has 3 aromatic rings. The second kappa shape index (κ2) is 9.68. The number of hydrogen-bond acceptors (Lipinski definition) is 3. The predicted molar refractivity (Wildman–Crippen MR) is 127 cm³/mol. The summed E-state index contributed by atoms with van der Waals surface area (Å²) in [5, 5.41) is 1.25. The molecule has 0 atom stereocenters. The average molecular weight is 511 g/mol. The van der Waals surface area contributed by atoms with E-state index in [-0.39, 0.29) is 24.2 Å². The van der Waals surface area contributed by atoms with Crippen molar-refractivity contribution in [3.8, 4) is 0 Å². The van der Waals surface area contributed by atoms with Gasteiger partial charge in [-0.1, -0.05) is 47.5 Å². The summed E-state index contributed by atoms with van der Waals surface area (Å²) >= 11 is 12.1.